The second-order valence-corrected chi connectivity index (χ2v) is 7.71. The van der Waals surface area contributed by atoms with Crippen LogP contribution in [0, 0.1) is 13.8 Å². The minimum Gasteiger partial charge on any atom is -0.396 e. The van der Waals surface area contributed by atoms with Gasteiger partial charge in [0.15, 0.2) is 9.84 Å². The molecule has 0 saturated carbocycles. The summed E-state index contributed by atoms with van der Waals surface area (Å²) >= 11 is 0. The summed E-state index contributed by atoms with van der Waals surface area (Å²) in [6.45, 7) is 6.06. The fourth-order valence-electron chi connectivity index (χ4n) is 2.74. The lowest BCUT2D eigenvalue weighted by atomic mass is 10.2. The van der Waals surface area contributed by atoms with Gasteiger partial charge in [0.1, 0.15) is 6.54 Å². The van der Waals surface area contributed by atoms with Gasteiger partial charge in [0.05, 0.1) is 28.6 Å². The third-order valence-corrected chi connectivity index (χ3v) is 5.78. The molecule has 1 aromatic rings. The Labute approximate surface area is 125 Å². The summed E-state index contributed by atoms with van der Waals surface area (Å²) in [7, 11) is -3.00. The Kier molecular flexibility index (Phi) is 4.27. The predicted molar refractivity (Wildman–Crippen MR) is 80.6 cm³/mol. The van der Waals surface area contributed by atoms with Crippen molar-refractivity contribution in [2.24, 2.45) is 0 Å². The first kappa shape index (κ1) is 15.8. The van der Waals surface area contributed by atoms with Crippen molar-refractivity contribution in [2.75, 3.05) is 23.8 Å². The van der Waals surface area contributed by atoms with Crippen molar-refractivity contribution < 1.29 is 13.2 Å². The number of carbonyl (C=O) groups excluding carboxylic acids is 1. The molecule has 1 amide bonds. The number of hydrogen-bond acceptors (Lipinski definition) is 5. The number of likely N-dealkylation sites (N-methyl/N-ethyl adjacent to an activating group) is 1. The number of amides is 1. The Morgan fingerprint density at radius 2 is 2.14 bits per heavy atom. The number of carbonyl (C=O) groups is 1. The number of nitrogens with two attached hydrogens (primary N) is 1. The Morgan fingerprint density at radius 1 is 1.48 bits per heavy atom. The Bertz CT molecular complexity index is 651. The van der Waals surface area contributed by atoms with Gasteiger partial charge in [0.2, 0.25) is 5.91 Å². The summed E-state index contributed by atoms with van der Waals surface area (Å²) in [6, 6.07) is -0.221. The maximum absolute atomic E-state index is 12.4. The molecule has 1 fully saturated rings. The number of hydrogen-bond donors (Lipinski definition) is 1. The highest BCUT2D eigenvalue weighted by atomic mass is 32.2. The molecule has 1 atom stereocenters. The molecule has 1 unspecified atom stereocenters. The lowest BCUT2D eigenvalue weighted by molar-refractivity contribution is -0.133. The second kappa shape index (κ2) is 5.67. The van der Waals surface area contributed by atoms with Crippen molar-refractivity contribution in [1.82, 2.24) is 14.7 Å². The van der Waals surface area contributed by atoms with Crippen LogP contribution >= 0.6 is 0 Å². The molecule has 0 bridgehead atoms. The van der Waals surface area contributed by atoms with Crippen molar-refractivity contribution >= 4 is 21.4 Å². The molecule has 2 N–H and O–H groups in total. The number of aromatic nitrogens is 2. The summed E-state index contributed by atoms with van der Waals surface area (Å²) < 4.78 is 24.7. The Morgan fingerprint density at radius 3 is 2.57 bits per heavy atom. The van der Waals surface area contributed by atoms with Crippen LogP contribution in [0.5, 0.6) is 0 Å². The lowest BCUT2D eigenvalue weighted by Gasteiger charge is -2.27. The van der Waals surface area contributed by atoms with E-state index in [4.69, 9.17) is 5.73 Å². The number of rotatable bonds is 4. The first-order chi connectivity index (χ1) is 9.75. The Balaban J connectivity index is 2.12. The smallest absolute Gasteiger partial charge is 0.244 e. The van der Waals surface area contributed by atoms with Crippen LogP contribution in [-0.2, 0) is 21.2 Å². The highest BCUT2D eigenvalue weighted by Gasteiger charge is 2.34. The predicted octanol–water partition coefficient (Wildman–Crippen LogP) is 0.118. The van der Waals surface area contributed by atoms with Gasteiger partial charge in [-0.2, -0.15) is 5.10 Å². The molecular weight excluding hydrogens is 292 g/mol. The number of nitrogens with zero attached hydrogens (tertiary/aromatic N) is 3. The number of anilines is 1. The number of sulfone groups is 1. The van der Waals surface area contributed by atoms with Gasteiger partial charge in [-0.15, -0.1) is 0 Å². The molecule has 2 heterocycles. The molecule has 0 aliphatic carbocycles. The van der Waals surface area contributed by atoms with E-state index in [1.807, 2.05) is 13.8 Å². The van der Waals surface area contributed by atoms with Crippen LogP contribution in [0.2, 0.25) is 0 Å². The van der Waals surface area contributed by atoms with Crippen LogP contribution in [-0.4, -0.2) is 53.1 Å². The third-order valence-electron chi connectivity index (χ3n) is 4.03. The van der Waals surface area contributed by atoms with Crippen LogP contribution in [0.4, 0.5) is 5.69 Å². The van der Waals surface area contributed by atoms with E-state index < -0.39 is 9.84 Å². The molecule has 1 aromatic heterocycles. The molecule has 0 spiro atoms. The molecule has 2 rings (SSSR count). The molecule has 1 aliphatic heterocycles. The van der Waals surface area contributed by atoms with Crippen LogP contribution in [0.15, 0.2) is 0 Å². The van der Waals surface area contributed by atoms with Crippen molar-refractivity contribution in [3.8, 4) is 0 Å². The van der Waals surface area contributed by atoms with E-state index in [2.05, 4.69) is 5.10 Å². The monoisotopic (exact) mass is 314 g/mol. The first-order valence-electron chi connectivity index (χ1n) is 7.04. The number of aryl methyl sites for hydroxylation is 1. The molecule has 118 valence electrons. The highest BCUT2D eigenvalue weighted by Crippen LogP contribution is 2.19. The van der Waals surface area contributed by atoms with E-state index in [9.17, 15) is 13.2 Å². The van der Waals surface area contributed by atoms with Crippen molar-refractivity contribution in [3.63, 3.8) is 0 Å². The van der Waals surface area contributed by atoms with Crippen LogP contribution in [0.25, 0.3) is 0 Å². The summed E-state index contributed by atoms with van der Waals surface area (Å²) in [5.41, 5.74) is 7.91. The normalized spacial score (nSPS) is 20.6. The van der Waals surface area contributed by atoms with Crippen molar-refractivity contribution in [1.29, 1.82) is 0 Å². The Hall–Kier alpha value is -1.57. The van der Waals surface area contributed by atoms with Gasteiger partial charge >= 0.3 is 0 Å². The van der Waals surface area contributed by atoms with E-state index in [0.717, 1.165) is 5.69 Å². The van der Waals surface area contributed by atoms with Gasteiger partial charge in [0, 0.05) is 12.6 Å². The van der Waals surface area contributed by atoms with E-state index in [0.29, 0.717) is 24.3 Å². The lowest BCUT2D eigenvalue weighted by Crippen LogP contribution is -2.42. The third kappa shape index (κ3) is 3.20. The molecule has 0 aromatic carbocycles. The maximum atomic E-state index is 12.4. The van der Waals surface area contributed by atoms with Gasteiger partial charge in [-0.1, -0.05) is 0 Å². The topological polar surface area (TPSA) is 98.3 Å². The van der Waals surface area contributed by atoms with Crippen LogP contribution in [0.3, 0.4) is 0 Å². The van der Waals surface area contributed by atoms with Gasteiger partial charge in [-0.25, -0.2) is 8.42 Å². The summed E-state index contributed by atoms with van der Waals surface area (Å²) in [5, 5.41) is 4.25. The van der Waals surface area contributed by atoms with E-state index in [-0.39, 0.29) is 30.0 Å². The van der Waals surface area contributed by atoms with Crippen molar-refractivity contribution in [2.45, 2.75) is 39.8 Å². The molecule has 1 saturated heterocycles. The molecule has 7 nitrogen and oxygen atoms in total. The van der Waals surface area contributed by atoms with Crippen LogP contribution in [0.1, 0.15) is 24.7 Å². The maximum Gasteiger partial charge on any atom is 0.244 e. The fraction of sp³-hybridized carbons (Fsp3) is 0.692. The minimum atomic E-state index is -3.00. The average molecular weight is 314 g/mol. The molecule has 1 aliphatic rings. The number of nitrogen functional groups attached to an aromatic ring is 1. The zero-order chi connectivity index (χ0) is 15.8. The zero-order valence-corrected chi connectivity index (χ0v) is 13.5. The SMILES string of the molecule is CCN(C(=O)Cn1nc(C)c(N)c1C)C1CCS(=O)(=O)C1. The summed E-state index contributed by atoms with van der Waals surface area (Å²) in [4.78, 5) is 14.1. The van der Waals surface area contributed by atoms with Crippen LogP contribution < -0.4 is 5.73 Å². The second-order valence-electron chi connectivity index (χ2n) is 5.48. The van der Waals surface area contributed by atoms with E-state index in [1.165, 1.54) is 0 Å². The van der Waals surface area contributed by atoms with Gasteiger partial charge < -0.3 is 10.6 Å². The summed E-state index contributed by atoms with van der Waals surface area (Å²) in [5.74, 6) is 0.102. The summed E-state index contributed by atoms with van der Waals surface area (Å²) in [6.07, 6.45) is 0.515. The molecule has 21 heavy (non-hydrogen) atoms. The first-order valence-corrected chi connectivity index (χ1v) is 8.86. The molecule has 0 radical (unpaired) electrons. The minimum absolute atomic E-state index is 0.0613. The largest absolute Gasteiger partial charge is 0.396 e. The average Bonchev–Trinajstić information content (AvgIpc) is 2.86. The molecular formula is C13H22N4O3S. The highest BCUT2D eigenvalue weighted by molar-refractivity contribution is 7.91. The quantitative estimate of drug-likeness (QED) is 0.851. The van der Waals surface area contributed by atoms with E-state index >= 15 is 0 Å². The van der Waals surface area contributed by atoms with Gasteiger partial charge in [0.25, 0.3) is 0 Å². The van der Waals surface area contributed by atoms with Gasteiger partial charge in [-0.05, 0) is 27.2 Å². The fourth-order valence-corrected chi connectivity index (χ4v) is 4.47. The standard InChI is InChI=1S/C13H22N4O3S/c1-4-16(11-5-6-21(19,20)8-11)12(18)7-17-10(3)13(14)9(2)15-17/h11H,4-8,14H2,1-3H3. The zero-order valence-electron chi connectivity index (χ0n) is 12.7. The molecule has 8 heteroatoms. The van der Waals surface area contributed by atoms with Crippen molar-refractivity contribution in [3.05, 3.63) is 11.4 Å². The van der Waals surface area contributed by atoms with Gasteiger partial charge in [-0.3, -0.25) is 9.48 Å². The van der Waals surface area contributed by atoms with E-state index in [1.54, 1.807) is 16.5 Å².